The second-order valence-electron chi connectivity index (χ2n) is 4.04. The number of aliphatic hydroxyl groups is 3. The van der Waals surface area contributed by atoms with Crippen LogP contribution in [-0.4, -0.2) is 88.5 Å². The van der Waals surface area contributed by atoms with Crippen LogP contribution in [0.3, 0.4) is 0 Å². The van der Waals surface area contributed by atoms with Crippen molar-refractivity contribution in [2.75, 3.05) is 0 Å². The predicted molar refractivity (Wildman–Crippen MR) is 65.5 cm³/mol. The molecule has 8 N–H and O–H groups in total. The zero-order chi connectivity index (χ0) is 19.0. The first kappa shape index (κ1) is 27.7. The topological polar surface area (TPSA) is 247 Å². The second kappa shape index (κ2) is 12.3. The van der Waals surface area contributed by atoms with Gasteiger partial charge in [0.15, 0.2) is 17.8 Å². The normalized spacial score (nSPS) is 12.5. The van der Waals surface area contributed by atoms with Crippen molar-refractivity contribution in [3.05, 3.63) is 0 Å². The van der Waals surface area contributed by atoms with Gasteiger partial charge in [-0.3, -0.25) is 9.59 Å². The van der Waals surface area contributed by atoms with E-state index in [1.165, 1.54) is 0 Å². The number of rotatable bonds is 8. The summed E-state index contributed by atoms with van der Waals surface area (Å²) in [5.41, 5.74) is -2.74. The molecule has 0 aromatic rings. The van der Waals surface area contributed by atoms with Gasteiger partial charge in [-0.05, 0) is 0 Å². The Morgan fingerprint density at radius 3 is 1.12 bits per heavy atom. The van der Waals surface area contributed by atoms with Gasteiger partial charge in [0, 0.05) is 0 Å². The van der Waals surface area contributed by atoms with E-state index in [-0.39, 0.29) is 52.8 Å². The molecule has 14 heteroatoms. The van der Waals surface area contributed by atoms with E-state index >= 15 is 0 Å². The molecule has 2 unspecified atom stereocenters. The summed E-state index contributed by atoms with van der Waals surface area (Å²) in [7, 11) is 0. The minimum atomic E-state index is -2.74. The molecule has 0 spiro atoms. The van der Waals surface area contributed by atoms with Crippen LogP contribution < -0.4 is 51.4 Å². The Hall–Kier alpha value is -1.13. The Morgan fingerprint density at radius 2 is 1.00 bits per heavy atom. The van der Waals surface area contributed by atoms with E-state index in [0.29, 0.717) is 0 Å². The van der Waals surface area contributed by atoms with Gasteiger partial charge in [-0.1, -0.05) is 0 Å². The number of carboxylic acid groups (broad SMARTS) is 5. The molecule has 0 bridgehead atoms. The molecule has 0 heterocycles. The Kier molecular flexibility index (Phi) is 14.2. The first-order valence-electron chi connectivity index (χ1n) is 5.45. The minimum absolute atomic E-state index is 0. The van der Waals surface area contributed by atoms with Crippen molar-refractivity contribution in [3.63, 3.8) is 0 Å². The van der Waals surface area contributed by atoms with E-state index in [9.17, 15) is 24.0 Å². The summed E-state index contributed by atoms with van der Waals surface area (Å²) in [6, 6.07) is 0. The third-order valence-electron chi connectivity index (χ3n) is 2.09. The first-order valence-corrected chi connectivity index (χ1v) is 5.45. The van der Waals surface area contributed by atoms with Crippen LogP contribution in [0.4, 0.5) is 0 Å². The Labute approximate surface area is 177 Å². The molecule has 134 valence electrons. The molecule has 2 atom stereocenters. The third kappa shape index (κ3) is 11.4. The molecule has 0 saturated carbocycles. The summed E-state index contributed by atoms with van der Waals surface area (Å²) in [6.07, 6.45) is -6.82. The summed E-state index contributed by atoms with van der Waals surface area (Å²) in [5, 5.41) is 66.3. The molecular formula is C10H15KO13. The van der Waals surface area contributed by atoms with Gasteiger partial charge >= 0.3 is 81.2 Å². The van der Waals surface area contributed by atoms with E-state index in [1.807, 2.05) is 0 Å². The molecule has 0 aliphatic rings. The smallest absolute Gasteiger partial charge is 1.00 e. The minimum Gasteiger partial charge on any atom is -1.00 e. The van der Waals surface area contributed by atoms with Gasteiger partial charge in [-0.15, -0.1) is 0 Å². The van der Waals surface area contributed by atoms with Crippen LogP contribution in [-0.2, 0) is 24.0 Å². The van der Waals surface area contributed by atoms with Crippen LogP contribution in [0.25, 0.3) is 0 Å². The fraction of sp³-hybridized carbons (Fsp3) is 0.500. The zero-order valence-corrected chi connectivity index (χ0v) is 15.3. The monoisotopic (exact) mass is 382 g/mol. The van der Waals surface area contributed by atoms with Crippen molar-refractivity contribution in [3.8, 4) is 0 Å². The molecule has 13 nitrogen and oxygen atoms in total. The van der Waals surface area contributed by atoms with Crippen LogP contribution in [0.5, 0.6) is 0 Å². The summed E-state index contributed by atoms with van der Waals surface area (Å²) in [6.45, 7) is 0. The van der Waals surface area contributed by atoms with Crippen molar-refractivity contribution >= 4 is 29.8 Å². The van der Waals surface area contributed by atoms with Gasteiger partial charge in [0.05, 0.1) is 12.8 Å². The quantitative estimate of drug-likeness (QED) is 0.182. The van der Waals surface area contributed by atoms with E-state index in [2.05, 4.69) is 0 Å². The SMILES string of the molecule is O=C(O)C(O)C(O)C(=O)O.O=C(O)CC(O)(CC(=O)O)C(=O)O.[H-].[K+]. The van der Waals surface area contributed by atoms with E-state index in [1.54, 1.807) is 0 Å². The van der Waals surface area contributed by atoms with Crippen molar-refractivity contribution < 1.29 is 118 Å². The average Bonchev–Trinajstić information content (AvgIpc) is 2.35. The van der Waals surface area contributed by atoms with Crippen molar-refractivity contribution in [2.45, 2.75) is 30.7 Å². The predicted octanol–water partition coefficient (Wildman–Crippen LogP) is -6.25. The Morgan fingerprint density at radius 1 is 0.750 bits per heavy atom. The van der Waals surface area contributed by atoms with Crippen molar-refractivity contribution in [2.24, 2.45) is 0 Å². The molecule has 0 aliphatic heterocycles. The van der Waals surface area contributed by atoms with Crippen LogP contribution in [0.2, 0.25) is 0 Å². The summed E-state index contributed by atoms with van der Waals surface area (Å²) >= 11 is 0. The molecule has 24 heavy (non-hydrogen) atoms. The molecule has 0 rings (SSSR count). The van der Waals surface area contributed by atoms with Crippen LogP contribution in [0, 0.1) is 0 Å². The largest absolute Gasteiger partial charge is 1.00 e. The molecule has 0 amide bonds. The second-order valence-corrected chi connectivity index (χ2v) is 4.04. The summed E-state index contributed by atoms with van der Waals surface area (Å²) in [5.74, 6) is -8.56. The molecule has 0 fully saturated rings. The van der Waals surface area contributed by atoms with E-state index < -0.39 is 60.5 Å². The van der Waals surface area contributed by atoms with Crippen molar-refractivity contribution in [1.82, 2.24) is 0 Å². The number of hydrogen-bond acceptors (Lipinski definition) is 8. The van der Waals surface area contributed by atoms with Gasteiger partial charge in [0.25, 0.3) is 0 Å². The van der Waals surface area contributed by atoms with Gasteiger partial charge in [-0.25, -0.2) is 14.4 Å². The summed E-state index contributed by atoms with van der Waals surface area (Å²) in [4.78, 5) is 50.0. The molecule has 0 aromatic carbocycles. The van der Waals surface area contributed by atoms with Gasteiger partial charge in [-0.2, -0.15) is 0 Å². The van der Waals surface area contributed by atoms with Crippen LogP contribution in [0.1, 0.15) is 14.3 Å². The Balaban J connectivity index is -0.000000168. The number of aliphatic carboxylic acids is 5. The standard InChI is InChI=1S/C6H8O7.C4H6O6.K.H/c7-3(8)1-6(13,5(11)12)2-4(9)10;5-1(3(7)8)2(6)4(9)10;;/h13H,1-2H2,(H,7,8)(H,9,10)(H,11,12);1-2,5-6H,(H,7,8)(H,9,10);;/q;;+1;-1. The van der Waals surface area contributed by atoms with Crippen LogP contribution in [0.15, 0.2) is 0 Å². The molecular weight excluding hydrogens is 367 g/mol. The van der Waals surface area contributed by atoms with E-state index in [4.69, 9.17) is 40.9 Å². The fourth-order valence-electron chi connectivity index (χ4n) is 0.984. The Bertz CT molecular complexity index is 459. The van der Waals surface area contributed by atoms with E-state index in [0.717, 1.165) is 0 Å². The number of carboxylic acids is 5. The van der Waals surface area contributed by atoms with Crippen LogP contribution >= 0.6 is 0 Å². The maximum Gasteiger partial charge on any atom is 1.00 e. The molecule has 0 radical (unpaired) electrons. The van der Waals surface area contributed by atoms with Crippen molar-refractivity contribution in [1.29, 1.82) is 0 Å². The first-order chi connectivity index (χ1) is 10.2. The number of hydrogen-bond donors (Lipinski definition) is 8. The maximum atomic E-state index is 10.3. The molecule has 0 aromatic heterocycles. The molecule has 0 saturated heterocycles. The summed E-state index contributed by atoms with van der Waals surface area (Å²) < 4.78 is 0. The maximum absolute atomic E-state index is 10.3. The third-order valence-corrected chi connectivity index (χ3v) is 2.09. The number of aliphatic hydroxyl groups excluding tert-OH is 2. The van der Waals surface area contributed by atoms with Gasteiger partial charge < -0.3 is 42.3 Å². The molecule has 0 aliphatic carbocycles. The zero-order valence-electron chi connectivity index (χ0n) is 13.2. The number of carbonyl (C=O) groups is 5. The van der Waals surface area contributed by atoms with Gasteiger partial charge in [0.2, 0.25) is 0 Å². The fourth-order valence-corrected chi connectivity index (χ4v) is 0.984. The average molecular weight is 382 g/mol. The van der Waals surface area contributed by atoms with Gasteiger partial charge in [0.1, 0.15) is 0 Å².